The van der Waals surface area contributed by atoms with Gasteiger partial charge in [0.1, 0.15) is 23.0 Å². The minimum Gasteiger partial charge on any atom is -0.370 e. The fraction of sp³-hybridized carbons (Fsp3) is 0.412. The molecule has 3 heterocycles. The lowest BCUT2D eigenvalue weighted by Gasteiger charge is -2.07. The highest BCUT2D eigenvalue weighted by atomic mass is 35.5. The number of hydrogen-bond donors (Lipinski definition) is 1. The molecule has 0 atom stereocenters. The summed E-state index contributed by atoms with van der Waals surface area (Å²) in [6.45, 7) is 7.94. The average Bonchev–Trinajstić information content (AvgIpc) is 3.12. The number of aromatic nitrogens is 6. The van der Waals surface area contributed by atoms with Gasteiger partial charge in [0.2, 0.25) is 0 Å². The topological polar surface area (TPSA) is 73.5 Å². The van der Waals surface area contributed by atoms with Crippen LogP contribution in [0.2, 0.25) is 5.15 Å². The van der Waals surface area contributed by atoms with Gasteiger partial charge < -0.3 is 9.88 Å². The Balaban J connectivity index is 2.14. The second kappa shape index (κ2) is 7.23. The molecule has 1 N–H and O–H groups in total. The fourth-order valence-electron chi connectivity index (χ4n) is 2.70. The second-order valence-corrected chi connectivity index (χ2v) is 6.75. The Morgan fingerprint density at radius 1 is 1.28 bits per heavy atom. The van der Waals surface area contributed by atoms with Crippen LogP contribution in [0, 0.1) is 5.92 Å². The molecule has 0 saturated heterocycles. The van der Waals surface area contributed by atoms with Crippen molar-refractivity contribution in [3.63, 3.8) is 0 Å². The van der Waals surface area contributed by atoms with Gasteiger partial charge in [-0.05, 0) is 25.0 Å². The third kappa shape index (κ3) is 3.82. The van der Waals surface area contributed by atoms with Crippen LogP contribution >= 0.6 is 11.6 Å². The monoisotopic (exact) mass is 359 g/mol. The Bertz CT molecular complexity index is 866. The van der Waals surface area contributed by atoms with Crippen molar-refractivity contribution in [2.75, 3.05) is 11.9 Å². The molecule has 0 bridgehead atoms. The lowest BCUT2D eigenvalue weighted by Crippen LogP contribution is -2.04. The number of aryl methyl sites for hydroxylation is 1. The molecule has 0 aliphatic rings. The molecule has 132 valence electrons. The molecule has 7 nitrogen and oxygen atoms in total. The third-order valence-corrected chi connectivity index (χ3v) is 3.89. The van der Waals surface area contributed by atoms with E-state index >= 15 is 0 Å². The number of hydrogen-bond acceptors (Lipinski definition) is 5. The van der Waals surface area contributed by atoms with Crippen molar-refractivity contribution in [2.24, 2.45) is 13.0 Å². The molecular formula is C17H22ClN7. The highest BCUT2D eigenvalue weighted by Crippen LogP contribution is 2.32. The fourth-order valence-corrected chi connectivity index (χ4v) is 2.91. The predicted octanol–water partition coefficient (Wildman–Crippen LogP) is 3.48. The molecule has 25 heavy (non-hydrogen) atoms. The molecule has 8 heteroatoms. The van der Waals surface area contributed by atoms with Crippen LogP contribution in [0.1, 0.15) is 20.8 Å². The first-order valence-corrected chi connectivity index (χ1v) is 8.69. The molecule has 3 aromatic rings. The van der Waals surface area contributed by atoms with Gasteiger partial charge >= 0.3 is 0 Å². The lowest BCUT2D eigenvalue weighted by molar-refractivity contribution is 0.484. The van der Waals surface area contributed by atoms with Gasteiger partial charge in [0.15, 0.2) is 5.82 Å². The van der Waals surface area contributed by atoms with E-state index in [1.807, 2.05) is 41.5 Å². The average molecular weight is 360 g/mol. The number of halogens is 1. The van der Waals surface area contributed by atoms with Crippen LogP contribution in [0.15, 0.2) is 24.7 Å². The summed E-state index contributed by atoms with van der Waals surface area (Å²) >= 11 is 6.22. The number of rotatable bonds is 6. The summed E-state index contributed by atoms with van der Waals surface area (Å²) in [5, 5.41) is 16.6. The maximum absolute atomic E-state index is 6.22. The summed E-state index contributed by atoms with van der Waals surface area (Å²) in [6, 6.07) is 3.78. The molecule has 0 aromatic carbocycles. The SMILES string of the molecule is CCNc1cc(-c2nn(CC(C)C)cc2-c2nncn2C)cc(Cl)n1. The Morgan fingerprint density at radius 3 is 2.72 bits per heavy atom. The van der Waals surface area contributed by atoms with Crippen molar-refractivity contribution in [3.8, 4) is 22.6 Å². The number of pyridine rings is 1. The Hall–Kier alpha value is -2.41. The smallest absolute Gasteiger partial charge is 0.167 e. The third-order valence-electron chi connectivity index (χ3n) is 3.69. The van der Waals surface area contributed by atoms with Crippen molar-refractivity contribution in [1.29, 1.82) is 0 Å². The van der Waals surface area contributed by atoms with E-state index in [2.05, 4.69) is 34.3 Å². The van der Waals surface area contributed by atoms with Crippen molar-refractivity contribution in [2.45, 2.75) is 27.3 Å². The minimum absolute atomic E-state index is 0.427. The van der Waals surface area contributed by atoms with Crippen LogP contribution in [0.4, 0.5) is 5.82 Å². The normalized spacial score (nSPS) is 11.3. The summed E-state index contributed by atoms with van der Waals surface area (Å²) in [5.41, 5.74) is 2.64. The van der Waals surface area contributed by atoms with Gasteiger partial charge in [-0.2, -0.15) is 5.10 Å². The zero-order chi connectivity index (χ0) is 18.0. The Morgan fingerprint density at radius 2 is 2.08 bits per heavy atom. The summed E-state index contributed by atoms with van der Waals surface area (Å²) in [6.07, 6.45) is 3.70. The van der Waals surface area contributed by atoms with E-state index in [4.69, 9.17) is 16.7 Å². The van der Waals surface area contributed by atoms with Crippen LogP contribution < -0.4 is 5.32 Å². The van der Waals surface area contributed by atoms with Crippen LogP contribution in [-0.2, 0) is 13.6 Å². The summed E-state index contributed by atoms with van der Waals surface area (Å²) < 4.78 is 3.83. The molecule has 0 aliphatic heterocycles. The van der Waals surface area contributed by atoms with E-state index in [-0.39, 0.29) is 0 Å². The van der Waals surface area contributed by atoms with Gasteiger partial charge in [-0.15, -0.1) is 10.2 Å². The first-order chi connectivity index (χ1) is 12.0. The molecule has 0 spiro atoms. The number of nitrogens with zero attached hydrogens (tertiary/aromatic N) is 6. The zero-order valence-electron chi connectivity index (χ0n) is 14.9. The Kier molecular flexibility index (Phi) is 5.03. The maximum atomic E-state index is 6.22. The maximum Gasteiger partial charge on any atom is 0.167 e. The second-order valence-electron chi connectivity index (χ2n) is 6.37. The molecule has 0 amide bonds. The molecular weight excluding hydrogens is 338 g/mol. The van der Waals surface area contributed by atoms with Crippen LogP contribution in [-0.4, -0.2) is 36.1 Å². The van der Waals surface area contributed by atoms with Gasteiger partial charge in [0.25, 0.3) is 0 Å². The van der Waals surface area contributed by atoms with Crippen LogP contribution in [0.3, 0.4) is 0 Å². The molecule has 0 unspecified atom stereocenters. The van der Waals surface area contributed by atoms with Crippen LogP contribution in [0.5, 0.6) is 0 Å². The van der Waals surface area contributed by atoms with E-state index in [1.165, 1.54) is 0 Å². The lowest BCUT2D eigenvalue weighted by atomic mass is 10.1. The zero-order valence-corrected chi connectivity index (χ0v) is 15.6. The van der Waals surface area contributed by atoms with E-state index < -0.39 is 0 Å². The number of nitrogens with one attached hydrogen (secondary N) is 1. The highest BCUT2D eigenvalue weighted by molar-refractivity contribution is 6.29. The Labute approximate surface area is 152 Å². The van der Waals surface area contributed by atoms with Gasteiger partial charge in [-0.3, -0.25) is 4.68 Å². The molecule has 0 saturated carbocycles. The molecule has 3 rings (SSSR count). The molecule has 0 aliphatic carbocycles. The van der Waals surface area contributed by atoms with E-state index in [0.29, 0.717) is 11.1 Å². The van der Waals surface area contributed by atoms with Gasteiger partial charge in [0, 0.05) is 31.9 Å². The van der Waals surface area contributed by atoms with Crippen molar-refractivity contribution >= 4 is 17.4 Å². The van der Waals surface area contributed by atoms with Crippen molar-refractivity contribution < 1.29 is 0 Å². The van der Waals surface area contributed by atoms with E-state index in [1.54, 1.807) is 6.33 Å². The van der Waals surface area contributed by atoms with E-state index in [9.17, 15) is 0 Å². The standard InChI is InChI=1S/C17H22ClN7/c1-5-19-15-7-12(6-14(18)21-15)16-13(17-22-20-10-24(17)4)9-25(23-16)8-11(2)3/h6-7,9-11H,5,8H2,1-4H3,(H,19,21). The highest BCUT2D eigenvalue weighted by Gasteiger charge is 2.18. The van der Waals surface area contributed by atoms with Crippen molar-refractivity contribution in [3.05, 3.63) is 29.8 Å². The van der Waals surface area contributed by atoms with Crippen molar-refractivity contribution in [1.82, 2.24) is 29.5 Å². The summed E-state index contributed by atoms with van der Waals surface area (Å²) in [5.74, 6) is 1.98. The first kappa shape index (κ1) is 17.4. The van der Waals surface area contributed by atoms with E-state index in [0.717, 1.165) is 41.6 Å². The molecule has 0 fully saturated rings. The summed E-state index contributed by atoms with van der Waals surface area (Å²) in [7, 11) is 1.92. The summed E-state index contributed by atoms with van der Waals surface area (Å²) in [4.78, 5) is 4.30. The van der Waals surface area contributed by atoms with Gasteiger partial charge in [-0.1, -0.05) is 25.4 Å². The van der Waals surface area contributed by atoms with Gasteiger partial charge in [0.05, 0.1) is 5.56 Å². The first-order valence-electron chi connectivity index (χ1n) is 8.31. The quantitative estimate of drug-likeness (QED) is 0.682. The largest absolute Gasteiger partial charge is 0.370 e. The molecule has 0 radical (unpaired) electrons. The number of anilines is 1. The van der Waals surface area contributed by atoms with Crippen LogP contribution in [0.25, 0.3) is 22.6 Å². The minimum atomic E-state index is 0.427. The van der Waals surface area contributed by atoms with Gasteiger partial charge in [-0.25, -0.2) is 4.98 Å². The predicted molar refractivity (Wildman–Crippen MR) is 99.5 cm³/mol. The molecule has 3 aromatic heterocycles.